The third kappa shape index (κ3) is 4.60. The summed E-state index contributed by atoms with van der Waals surface area (Å²) in [6.07, 6.45) is 0. The van der Waals surface area contributed by atoms with Gasteiger partial charge in [-0.15, -0.1) is 5.10 Å². The summed E-state index contributed by atoms with van der Waals surface area (Å²) in [5.41, 5.74) is 10.1. The Hall–Kier alpha value is -3.59. The van der Waals surface area contributed by atoms with Crippen molar-refractivity contribution in [2.24, 2.45) is 0 Å². The van der Waals surface area contributed by atoms with E-state index < -0.39 is 0 Å². The molecule has 2 aromatic heterocycles. The maximum atomic E-state index is 13.7. The van der Waals surface area contributed by atoms with E-state index in [1.807, 2.05) is 24.3 Å². The van der Waals surface area contributed by atoms with Gasteiger partial charge in [-0.1, -0.05) is 34.8 Å². The lowest BCUT2D eigenvalue weighted by molar-refractivity contribution is 0.628. The van der Waals surface area contributed by atoms with Gasteiger partial charge < -0.3 is 15.5 Å². The topological polar surface area (TPSA) is 76.1 Å². The fraction of sp³-hybridized carbons (Fsp3) is 0.148. The number of hydrogen-bond donors (Lipinski definition) is 1. The first kappa shape index (κ1) is 24.7. The smallest absolute Gasteiger partial charge is 0.228 e. The molecule has 0 amide bonds. The normalized spacial score (nSPS) is 13.9. The van der Waals surface area contributed by atoms with Gasteiger partial charge in [-0.3, -0.25) is 0 Å². The van der Waals surface area contributed by atoms with Gasteiger partial charge in [0, 0.05) is 42.5 Å². The van der Waals surface area contributed by atoms with Crippen molar-refractivity contribution in [3.8, 4) is 16.9 Å². The maximum absolute atomic E-state index is 13.7. The fourth-order valence-corrected chi connectivity index (χ4v) is 5.00. The molecule has 0 aliphatic carbocycles. The second-order valence-corrected chi connectivity index (χ2v) is 10.2. The summed E-state index contributed by atoms with van der Waals surface area (Å²) in [6, 6.07) is 19.0. The Kier molecular flexibility index (Phi) is 6.47. The average Bonchev–Trinajstić information content (AvgIpc) is 3.27. The van der Waals surface area contributed by atoms with Crippen LogP contribution in [0.4, 0.5) is 21.8 Å². The zero-order valence-corrected chi connectivity index (χ0v) is 22.2. The molecule has 5 aromatic rings. The zero-order valence-electron chi connectivity index (χ0n) is 20.0. The number of fused-ring (bicyclic) bond motifs is 1. The molecule has 192 valence electrons. The largest absolute Gasteiger partial charge is 0.383 e. The first-order chi connectivity index (χ1) is 18.4. The lowest BCUT2D eigenvalue weighted by atomic mass is 10.1. The number of anilines is 3. The third-order valence-corrected chi connectivity index (χ3v) is 7.57. The van der Waals surface area contributed by atoms with Crippen LogP contribution >= 0.6 is 34.8 Å². The summed E-state index contributed by atoms with van der Waals surface area (Å²) in [5, 5.41) is 6.98. The minimum absolute atomic E-state index is 0.331. The van der Waals surface area contributed by atoms with E-state index in [1.54, 1.807) is 35.0 Å². The van der Waals surface area contributed by atoms with E-state index in [0.717, 1.165) is 30.0 Å². The SMILES string of the molecule is Nc1c2c(-c3ccc(F)cc3)nc(N3CCN(c4ccc(Cl)c(Cl)c4)CC3)nc2nn1-c1ccc(Cl)cc1. The molecule has 1 aliphatic heterocycles. The van der Waals surface area contributed by atoms with Gasteiger partial charge in [0.05, 0.1) is 26.8 Å². The molecule has 0 atom stereocenters. The van der Waals surface area contributed by atoms with Crippen molar-refractivity contribution in [2.45, 2.75) is 0 Å². The van der Waals surface area contributed by atoms with Gasteiger partial charge in [-0.05, 0) is 66.7 Å². The molecule has 11 heteroatoms. The van der Waals surface area contributed by atoms with Gasteiger partial charge in [0.2, 0.25) is 5.95 Å². The van der Waals surface area contributed by atoms with Crippen LogP contribution in [0.2, 0.25) is 15.1 Å². The van der Waals surface area contributed by atoms with E-state index in [0.29, 0.717) is 56.7 Å². The van der Waals surface area contributed by atoms with Crippen molar-refractivity contribution < 1.29 is 4.39 Å². The van der Waals surface area contributed by atoms with Crippen LogP contribution in [0.15, 0.2) is 66.7 Å². The van der Waals surface area contributed by atoms with Crippen LogP contribution in [0.3, 0.4) is 0 Å². The molecule has 3 aromatic carbocycles. The van der Waals surface area contributed by atoms with E-state index in [2.05, 4.69) is 9.80 Å². The molecule has 6 rings (SSSR count). The van der Waals surface area contributed by atoms with Gasteiger partial charge in [-0.2, -0.15) is 4.98 Å². The van der Waals surface area contributed by atoms with Crippen molar-refractivity contribution >= 4 is 63.3 Å². The molecular weight excluding hydrogens is 548 g/mol. The predicted octanol–water partition coefficient (Wildman–Crippen LogP) is 6.49. The maximum Gasteiger partial charge on any atom is 0.228 e. The minimum atomic E-state index is -0.331. The quantitative estimate of drug-likeness (QED) is 0.267. The molecule has 0 spiro atoms. The standard InChI is InChI=1S/C27H21Cl3FN7/c28-17-3-7-19(8-4-17)38-25(32)23-24(16-1-5-18(31)6-2-16)33-27(34-26(23)35-38)37-13-11-36(12-14-37)20-9-10-21(29)22(30)15-20/h1-10,15H,11-14,32H2. The molecule has 1 fully saturated rings. The summed E-state index contributed by atoms with van der Waals surface area (Å²) in [6.45, 7) is 2.85. The van der Waals surface area contributed by atoms with Crippen LogP contribution < -0.4 is 15.5 Å². The van der Waals surface area contributed by atoms with Crippen molar-refractivity contribution in [1.29, 1.82) is 0 Å². The molecule has 7 nitrogen and oxygen atoms in total. The monoisotopic (exact) mass is 567 g/mol. The molecule has 0 radical (unpaired) electrons. The molecular formula is C27H21Cl3FN7. The highest BCUT2D eigenvalue weighted by molar-refractivity contribution is 6.42. The number of nitrogens with zero attached hydrogens (tertiary/aromatic N) is 6. The Morgan fingerprint density at radius 1 is 0.737 bits per heavy atom. The molecule has 0 saturated carbocycles. The van der Waals surface area contributed by atoms with E-state index in [9.17, 15) is 4.39 Å². The Morgan fingerprint density at radius 3 is 2.08 bits per heavy atom. The first-order valence-electron chi connectivity index (χ1n) is 11.9. The summed E-state index contributed by atoms with van der Waals surface area (Å²) in [5.74, 6) is 0.589. The van der Waals surface area contributed by atoms with E-state index >= 15 is 0 Å². The average molecular weight is 569 g/mol. The van der Waals surface area contributed by atoms with E-state index in [1.165, 1.54) is 12.1 Å². The summed E-state index contributed by atoms with van der Waals surface area (Å²) < 4.78 is 15.4. The van der Waals surface area contributed by atoms with Gasteiger partial charge in [0.1, 0.15) is 11.6 Å². The Bertz CT molecular complexity index is 1630. The molecule has 0 unspecified atom stereocenters. The number of rotatable bonds is 4. The van der Waals surface area contributed by atoms with Crippen LogP contribution in [-0.4, -0.2) is 45.9 Å². The molecule has 38 heavy (non-hydrogen) atoms. The Morgan fingerprint density at radius 2 is 1.39 bits per heavy atom. The number of benzene rings is 3. The molecule has 1 saturated heterocycles. The molecule has 1 aliphatic rings. The highest BCUT2D eigenvalue weighted by Crippen LogP contribution is 2.34. The molecule has 2 N–H and O–H groups in total. The van der Waals surface area contributed by atoms with Crippen molar-refractivity contribution in [3.05, 3.63) is 87.6 Å². The number of aromatic nitrogens is 4. The lowest BCUT2D eigenvalue weighted by Gasteiger charge is -2.36. The van der Waals surface area contributed by atoms with Crippen LogP contribution in [0.25, 0.3) is 28.0 Å². The zero-order chi connectivity index (χ0) is 26.4. The highest BCUT2D eigenvalue weighted by atomic mass is 35.5. The molecule has 3 heterocycles. The predicted molar refractivity (Wildman–Crippen MR) is 152 cm³/mol. The Labute approximate surface area is 233 Å². The number of nitrogens with two attached hydrogens (primary N) is 1. The van der Waals surface area contributed by atoms with Gasteiger partial charge in [0.25, 0.3) is 0 Å². The van der Waals surface area contributed by atoms with Crippen molar-refractivity contribution in [1.82, 2.24) is 19.7 Å². The highest BCUT2D eigenvalue weighted by Gasteiger charge is 2.24. The first-order valence-corrected chi connectivity index (χ1v) is 13.0. The lowest BCUT2D eigenvalue weighted by Crippen LogP contribution is -2.47. The van der Waals surface area contributed by atoms with E-state index in [4.69, 9.17) is 55.6 Å². The fourth-order valence-electron chi connectivity index (χ4n) is 4.58. The van der Waals surface area contributed by atoms with Gasteiger partial charge in [0.15, 0.2) is 5.65 Å². The Balaban J connectivity index is 1.39. The van der Waals surface area contributed by atoms with Crippen LogP contribution in [0.5, 0.6) is 0 Å². The summed E-state index contributed by atoms with van der Waals surface area (Å²) in [4.78, 5) is 14.1. The van der Waals surface area contributed by atoms with Crippen molar-refractivity contribution in [3.63, 3.8) is 0 Å². The third-order valence-electron chi connectivity index (χ3n) is 6.58. The van der Waals surface area contributed by atoms with E-state index in [-0.39, 0.29) is 5.82 Å². The number of piperazine rings is 1. The summed E-state index contributed by atoms with van der Waals surface area (Å²) in [7, 11) is 0. The number of hydrogen-bond acceptors (Lipinski definition) is 6. The van der Waals surface area contributed by atoms with Crippen LogP contribution in [0, 0.1) is 5.82 Å². The van der Waals surface area contributed by atoms with Gasteiger partial charge >= 0.3 is 0 Å². The van der Waals surface area contributed by atoms with Crippen molar-refractivity contribution in [2.75, 3.05) is 41.7 Å². The second kappa shape index (κ2) is 9.94. The molecule has 0 bridgehead atoms. The van der Waals surface area contributed by atoms with Crippen LogP contribution in [-0.2, 0) is 0 Å². The minimum Gasteiger partial charge on any atom is -0.383 e. The number of nitrogen functional groups attached to an aromatic ring is 1. The van der Waals surface area contributed by atoms with Crippen LogP contribution in [0.1, 0.15) is 0 Å². The second-order valence-electron chi connectivity index (χ2n) is 8.92. The van der Waals surface area contributed by atoms with Gasteiger partial charge in [-0.25, -0.2) is 14.1 Å². The summed E-state index contributed by atoms with van der Waals surface area (Å²) >= 11 is 18.4. The number of halogens is 4.